The number of pyridine rings is 1. The van der Waals surface area contributed by atoms with Gasteiger partial charge in [0, 0.05) is 31.1 Å². The normalized spacial score (nSPS) is 22.9. The molecule has 2 heterocycles. The molecule has 1 atom stereocenters. The highest BCUT2D eigenvalue weighted by atomic mass is 16.5. The summed E-state index contributed by atoms with van der Waals surface area (Å²) >= 11 is 0. The third kappa shape index (κ3) is 3.81. The summed E-state index contributed by atoms with van der Waals surface area (Å²) in [6.45, 7) is 0.601. The highest BCUT2D eigenvalue weighted by Crippen LogP contribution is 2.25. The zero-order valence-electron chi connectivity index (χ0n) is 13.2. The Bertz CT molecular complexity index is 565. The molecule has 1 aliphatic carbocycles. The van der Waals surface area contributed by atoms with Gasteiger partial charge in [-0.2, -0.15) is 4.73 Å². The van der Waals surface area contributed by atoms with E-state index in [9.17, 15) is 14.8 Å². The Labute approximate surface area is 136 Å². The molecule has 2 amide bonds. The predicted octanol–water partition coefficient (Wildman–Crippen LogP) is 1.37. The molecule has 1 saturated heterocycles. The zero-order valence-corrected chi connectivity index (χ0v) is 13.2. The molecule has 3 rings (SSSR count). The number of nitrogens with one attached hydrogen (secondary N) is 1. The number of carbonyl (C=O) groups is 2. The van der Waals surface area contributed by atoms with Crippen LogP contribution in [0.1, 0.15) is 55.3 Å². The van der Waals surface area contributed by atoms with Gasteiger partial charge in [0.25, 0.3) is 5.91 Å². The number of nitrogens with zero attached hydrogens (tertiary/aromatic N) is 2. The standard InChI is InChI=1S/C17H23N3O3/c21-16-11-14(12-20(16)15-5-3-1-2-4-6-15)18-17(22)13-7-9-19(23)10-8-13/h7-10,14-15H,1-6,11-12H2,(H,18,22)/t14-/m1/s1. The summed E-state index contributed by atoms with van der Waals surface area (Å²) in [4.78, 5) is 26.5. The van der Waals surface area contributed by atoms with Crippen molar-refractivity contribution in [3.8, 4) is 0 Å². The minimum absolute atomic E-state index is 0.141. The fourth-order valence-electron chi connectivity index (χ4n) is 3.58. The molecule has 2 aliphatic rings. The smallest absolute Gasteiger partial charge is 0.252 e. The topological polar surface area (TPSA) is 76.4 Å². The van der Waals surface area contributed by atoms with Crippen molar-refractivity contribution in [2.45, 2.75) is 57.0 Å². The van der Waals surface area contributed by atoms with Crippen LogP contribution in [0, 0.1) is 5.21 Å². The first kappa shape index (κ1) is 15.8. The Morgan fingerprint density at radius 2 is 1.83 bits per heavy atom. The molecule has 0 radical (unpaired) electrons. The van der Waals surface area contributed by atoms with E-state index in [4.69, 9.17) is 0 Å². The van der Waals surface area contributed by atoms with Crippen molar-refractivity contribution >= 4 is 11.8 Å². The minimum Gasteiger partial charge on any atom is -0.619 e. The third-order valence-corrected chi connectivity index (χ3v) is 4.82. The molecule has 1 N–H and O–H groups in total. The molecule has 124 valence electrons. The fourth-order valence-corrected chi connectivity index (χ4v) is 3.58. The highest BCUT2D eigenvalue weighted by molar-refractivity contribution is 5.94. The minimum atomic E-state index is -0.230. The molecule has 0 aromatic carbocycles. The maximum atomic E-state index is 12.3. The van der Waals surface area contributed by atoms with Gasteiger partial charge in [-0.05, 0) is 12.8 Å². The maximum absolute atomic E-state index is 12.3. The summed E-state index contributed by atoms with van der Waals surface area (Å²) in [6, 6.07) is 3.17. The molecular formula is C17H23N3O3. The summed E-state index contributed by atoms with van der Waals surface area (Å²) in [5, 5.41) is 13.9. The molecule has 1 aliphatic heterocycles. The second kappa shape index (κ2) is 6.98. The van der Waals surface area contributed by atoms with Crippen LogP contribution in [0.4, 0.5) is 0 Å². The molecule has 23 heavy (non-hydrogen) atoms. The van der Waals surface area contributed by atoms with Crippen LogP contribution in [-0.2, 0) is 4.79 Å². The van der Waals surface area contributed by atoms with Crippen LogP contribution in [0.15, 0.2) is 24.5 Å². The zero-order chi connectivity index (χ0) is 16.2. The Hall–Kier alpha value is -2.11. The van der Waals surface area contributed by atoms with Crippen LogP contribution < -0.4 is 10.0 Å². The number of amides is 2. The molecule has 0 bridgehead atoms. The number of hydrogen-bond donors (Lipinski definition) is 1. The van der Waals surface area contributed by atoms with Gasteiger partial charge < -0.3 is 15.4 Å². The van der Waals surface area contributed by atoms with Crippen LogP contribution in [0.3, 0.4) is 0 Å². The van der Waals surface area contributed by atoms with E-state index in [1.165, 1.54) is 50.2 Å². The maximum Gasteiger partial charge on any atom is 0.252 e. The van der Waals surface area contributed by atoms with Crippen LogP contribution in [0.25, 0.3) is 0 Å². The average molecular weight is 317 g/mol. The lowest BCUT2D eigenvalue weighted by Gasteiger charge is -2.27. The lowest BCUT2D eigenvalue weighted by atomic mass is 10.1. The fraction of sp³-hybridized carbons (Fsp3) is 0.588. The van der Waals surface area contributed by atoms with E-state index in [2.05, 4.69) is 5.32 Å². The highest BCUT2D eigenvalue weighted by Gasteiger charge is 2.35. The van der Waals surface area contributed by atoms with Crippen molar-refractivity contribution in [2.24, 2.45) is 0 Å². The van der Waals surface area contributed by atoms with Gasteiger partial charge >= 0.3 is 0 Å². The second-order valence-corrected chi connectivity index (χ2v) is 6.51. The van der Waals surface area contributed by atoms with Gasteiger partial charge in [-0.3, -0.25) is 9.59 Å². The van der Waals surface area contributed by atoms with Gasteiger partial charge in [-0.1, -0.05) is 25.7 Å². The summed E-state index contributed by atoms with van der Waals surface area (Å²) in [5.41, 5.74) is 0.442. The van der Waals surface area contributed by atoms with Gasteiger partial charge in [0.1, 0.15) is 0 Å². The predicted molar refractivity (Wildman–Crippen MR) is 84.5 cm³/mol. The van der Waals surface area contributed by atoms with Gasteiger partial charge in [0.15, 0.2) is 12.4 Å². The Morgan fingerprint density at radius 3 is 2.48 bits per heavy atom. The van der Waals surface area contributed by atoms with Crippen LogP contribution in [0.5, 0.6) is 0 Å². The molecule has 1 aromatic heterocycles. The Balaban J connectivity index is 1.58. The van der Waals surface area contributed by atoms with Crippen LogP contribution in [0.2, 0.25) is 0 Å². The number of rotatable bonds is 3. The van der Waals surface area contributed by atoms with Crippen molar-refractivity contribution in [3.05, 3.63) is 35.3 Å². The summed E-state index contributed by atoms with van der Waals surface area (Å²) in [5.74, 6) is -0.0845. The number of aromatic nitrogens is 1. The van der Waals surface area contributed by atoms with E-state index in [1.807, 2.05) is 4.90 Å². The largest absolute Gasteiger partial charge is 0.619 e. The van der Waals surface area contributed by atoms with Crippen molar-refractivity contribution in [2.75, 3.05) is 6.54 Å². The van der Waals surface area contributed by atoms with E-state index < -0.39 is 0 Å². The number of hydrogen-bond acceptors (Lipinski definition) is 3. The molecule has 2 fully saturated rings. The summed E-state index contributed by atoms with van der Waals surface area (Å²) in [6.07, 6.45) is 10.0. The number of likely N-dealkylation sites (tertiary alicyclic amines) is 1. The van der Waals surface area contributed by atoms with Gasteiger partial charge in [-0.25, -0.2) is 0 Å². The first-order chi connectivity index (χ1) is 11.1. The average Bonchev–Trinajstić information content (AvgIpc) is 2.75. The molecule has 1 saturated carbocycles. The van der Waals surface area contributed by atoms with Crippen molar-refractivity contribution in [3.63, 3.8) is 0 Å². The van der Waals surface area contributed by atoms with Gasteiger partial charge in [0.05, 0.1) is 11.6 Å². The van der Waals surface area contributed by atoms with Crippen LogP contribution >= 0.6 is 0 Å². The van der Waals surface area contributed by atoms with Crippen molar-refractivity contribution in [1.29, 1.82) is 0 Å². The summed E-state index contributed by atoms with van der Waals surface area (Å²) in [7, 11) is 0. The SMILES string of the molecule is O=C(N[C@@H]1CC(=O)N(C2CCCCCC2)C1)c1cc[n+]([O-])cc1. The van der Waals surface area contributed by atoms with E-state index >= 15 is 0 Å². The Kier molecular flexibility index (Phi) is 4.79. The Morgan fingerprint density at radius 1 is 1.17 bits per heavy atom. The quantitative estimate of drug-likeness (QED) is 0.520. The third-order valence-electron chi connectivity index (χ3n) is 4.82. The molecule has 0 spiro atoms. The summed E-state index contributed by atoms with van der Waals surface area (Å²) < 4.78 is 0.643. The molecule has 0 unspecified atom stereocenters. The van der Waals surface area contributed by atoms with E-state index in [0.717, 1.165) is 12.8 Å². The van der Waals surface area contributed by atoms with Crippen molar-refractivity contribution in [1.82, 2.24) is 10.2 Å². The second-order valence-electron chi connectivity index (χ2n) is 6.51. The lowest BCUT2D eigenvalue weighted by molar-refractivity contribution is -0.605. The first-order valence-electron chi connectivity index (χ1n) is 8.42. The van der Waals surface area contributed by atoms with E-state index in [-0.39, 0.29) is 17.9 Å². The first-order valence-corrected chi connectivity index (χ1v) is 8.42. The van der Waals surface area contributed by atoms with Gasteiger partial charge in [0.2, 0.25) is 5.91 Å². The molecular weight excluding hydrogens is 294 g/mol. The molecule has 6 heteroatoms. The van der Waals surface area contributed by atoms with Crippen molar-refractivity contribution < 1.29 is 14.3 Å². The van der Waals surface area contributed by atoms with Crippen LogP contribution in [-0.4, -0.2) is 35.3 Å². The van der Waals surface area contributed by atoms with Gasteiger partial charge in [-0.15, -0.1) is 0 Å². The lowest BCUT2D eigenvalue weighted by Crippen LogP contribution is -2.40. The molecule has 6 nitrogen and oxygen atoms in total. The van der Waals surface area contributed by atoms with E-state index in [1.54, 1.807) is 0 Å². The monoisotopic (exact) mass is 317 g/mol. The molecule has 1 aromatic rings. The van der Waals surface area contributed by atoms with E-state index in [0.29, 0.717) is 29.3 Å². The number of carbonyl (C=O) groups excluding carboxylic acids is 2.